The molecule has 1 N–H and O–H groups in total. The molecular formula is C5H9NO. The lowest BCUT2D eigenvalue weighted by Gasteiger charge is -1.81. The summed E-state index contributed by atoms with van der Waals surface area (Å²) in [7, 11) is 0. The van der Waals surface area contributed by atoms with E-state index < -0.39 is 0 Å². The summed E-state index contributed by atoms with van der Waals surface area (Å²) in [6.07, 6.45) is 2.36. The number of hydrogen-bond donors (Lipinski definition) is 1. The van der Waals surface area contributed by atoms with Gasteiger partial charge in [-0.3, -0.25) is 0 Å². The lowest BCUT2D eigenvalue weighted by atomic mass is 10.2. The van der Waals surface area contributed by atoms with E-state index in [0.717, 1.165) is 0 Å². The molecule has 0 aliphatic rings. The topological polar surface area (TPSA) is 40.9 Å². The van der Waals surface area contributed by atoms with Gasteiger partial charge in [0, 0.05) is 6.42 Å². The second-order valence-electron chi connectivity index (χ2n) is 1.44. The van der Waals surface area contributed by atoms with Gasteiger partial charge >= 0.3 is 0 Å². The van der Waals surface area contributed by atoms with Crippen molar-refractivity contribution in [1.82, 2.24) is 0 Å². The first kappa shape index (κ1) is 6.34. The zero-order chi connectivity index (χ0) is 5.70. The monoisotopic (exact) mass is 99.1 g/mol. The first-order valence-corrected chi connectivity index (χ1v) is 2.25. The third-order valence-electron chi connectivity index (χ3n) is 0.641. The number of Topliss-reactive ketones (excluding diaryl/α,β-unsaturated/α-hetero) is 1. The summed E-state index contributed by atoms with van der Waals surface area (Å²) in [5.74, 6) is 0.156. The average Bonchev–Trinajstić information content (AvgIpc) is 1.61. The van der Waals surface area contributed by atoms with E-state index in [-0.39, 0.29) is 5.78 Å². The van der Waals surface area contributed by atoms with Crippen LogP contribution in [0.1, 0.15) is 19.8 Å². The Labute approximate surface area is 43.0 Å². The average molecular weight is 99.1 g/mol. The van der Waals surface area contributed by atoms with Crippen LogP contribution in [-0.4, -0.2) is 12.0 Å². The van der Waals surface area contributed by atoms with Gasteiger partial charge < -0.3 is 10.2 Å². The minimum atomic E-state index is 0.156. The van der Waals surface area contributed by atoms with E-state index in [1.54, 1.807) is 0 Å². The van der Waals surface area contributed by atoms with Crippen molar-refractivity contribution in [3.63, 3.8) is 0 Å². The SMILES string of the molecule is CC(=O)CCC=N. The first-order valence-electron chi connectivity index (χ1n) is 2.25. The molecule has 40 valence electrons. The van der Waals surface area contributed by atoms with Crippen LogP contribution in [0, 0.1) is 5.41 Å². The van der Waals surface area contributed by atoms with Gasteiger partial charge in [0.05, 0.1) is 0 Å². The summed E-state index contributed by atoms with van der Waals surface area (Å²) in [4.78, 5) is 10.1. The van der Waals surface area contributed by atoms with Gasteiger partial charge in [-0.1, -0.05) is 0 Å². The fraction of sp³-hybridized carbons (Fsp3) is 0.600. The van der Waals surface area contributed by atoms with Gasteiger partial charge in [-0.2, -0.15) is 0 Å². The van der Waals surface area contributed by atoms with Crippen LogP contribution in [-0.2, 0) is 4.79 Å². The second kappa shape index (κ2) is 3.53. The summed E-state index contributed by atoms with van der Waals surface area (Å²) >= 11 is 0. The molecule has 0 aromatic rings. The number of carbonyl (C=O) groups is 1. The van der Waals surface area contributed by atoms with E-state index in [0.29, 0.717) is 12.8 Å². The van der Waals surface area contributed by atoms with Crippen molar-refractivity contribution in [2.24, 2.45) is 0 Å². The van der Waals surface area contributed by atoms with Gasteiger partial charge in [-0.25, -0.2) is 0 Å². The highest BCUT2D eigenvalue weighted by Gasteiger charge is 1.86. The Hall–Kier alpha value is -0.660. The standard InChI is InChI=1S/C5H9NO/c1-5(7)3-2-4-6/h4,6H,2-3H2,1H3. The molecule has 0 aromatic heterocycles. The van der Waals surface area contributed by atoms with Crippen LogP contribution in [0.15, 0.2) is 0 Å². The maximum Gasteiger partial charge on any atom is 0.130 e. The second-order valence-corrected chi connectivity index (χ2v) is 1.44. The van der Waals surface area contributed by atoms with Gasteiger partial charge in [-0.15, -0.1) is 0 Å². The van der Waals surface area contributed by atoms with Crippen LogP contribution in [0.2, 0.25) is 0 Å². The van der Waals surface area contributed by atoms with E-state index in [2.05, 4.69) is 0 Å². The van der Waals surface area contributed by atoms with Crippen molar-refractivity contribution in [3.8, 4) is 0 Å². The Morgan fingerprint density at radius 1 is 1.86 bits per heavy atom. The summed E-state index contributed by atoms with van der Waals surface area (Å²) in [5, 5.41) is 6.52. The van der Waals surface area contributed by atoms with Crippen LogP contribution in [0.4, 0.5) is 0 Å². The minimum absolute atomic E-state index is 0.156. The van der Waals surface area contributed by atoms with E-state index in [4.69, 9.17) is 5.41 Å². The molecule has 0 rings (SSSR count). The molecule has 0 aliphatic heterocycles. The van der Waals surface area contributed by atoms with Crippen LogP contribution < -0.4 is 0 Å². The molecule has 0 aliphatic carbocycles. The van der Waals surface area contributed by atoms with Gasteiger partial charge in [0.15, 0.2) is 0 Å². The Kier molecular flexibility index (Phi) is 3.19. The molecule has 0 radical (unpaired) electrons. The van der Waals surface area contributed by atoms with E-state index in [1.165, 1.54) is 13.1 Å². The number of ketones is 1. The Morgan fingerprint density at radius 3 is 2.57 bits per heavy atom. The van der Waals surface area contributed by atoms with Gasteiger partial charge in [0.2, 0.25) is 0 Å². The number of nitrogens with one attached hydrogen (secondary N) is 1. The van der Waals surface area contributed by atoms with Crippen molar-refractivity contribution >= 4 is 12.0 Å². The first-order chi connectivity index (χ1) is 3.27. The molecule has 0 aromatic carbocycles. The summed E-state index contributed by atoms with van der Waals surface area (Å²) in [6.45, 7) is 1.53. The van der Waals surface area contributed by atoms with Crippen molar-refractivity contribution in [1.29, 1.82) is 5.41 Å². The van der Waals surface area contributed by atoms with Crippen molar-refractivity contribution in [2.45, 2.75) is 19.8 Å². The fourth-order valence-electron chi connectivity index (χ4n) is 0.275. The van der Waals surface area contributed by atoms with E-state index >= 15 is 0 Å². The zero-order valence-electron chi connectivity index (χ0n) is 4.40. The van der Waals surface area contributed by atoms with Gasteiger partial charge in [0.25, 0.3) is 0 Å². The molecule has 0 unspecified atom stereocenters. The Morgan fingerprint density at radius 2 is 2.43 bits per heavy atom. The quantitative estimate of drug-likeness (QED) is 0.527. The summed E-state index contributed by atoms with van der Waals surface area (Å²) in [5.41, 5.74) is 0. The molecule has 0 saturated heterocycles. The number of rotatable bonds is 3. The third kappa shape index (κ3) is 5.34. The normalized spacial score (nSPS) is 8.14. The lowest BCUT2D eigenvalue weighted by Crippen LogP contribution is -1.87. The lowest BCUT2D eigenvalue weighted by molar-refractivity contribution is -0.116. The van der Waals surface area contributed by atoms with Crippen molar-refractivity contribution in [2.75, 3.05) is 0 Å². The molecule has 0 atom stereocenters. The smallest absolute Gasteiger partial charge is 0.130 e. The maximum atomic E-state index is 10.1. The highest BCUT2D eigenvalue weighted by Crippen LogP contribution is 1.83. The van der Waals surface area contributed by atoms with Crippen LogP contribution in [0.25, 0.3) is 0 Å². The number of carbonyl (C=O) groups excluding carboxylic acids is 1. The zero-order valence-corrected chi connectivity index (χ0v) is 4.40. The van der Waals surface area contributed by atoms with Gasteiger partial charge in [0.1, 0.15) is 5.78 Å². The van der Waals surface area contributed by atoms with Crippen LogP contribution >= 0.6 is 0 Å². The molecule has 2 heteroatoms. The molecule has 0 spiro atoms. The van der Waals surface area contributed by atoms with Gasteiger partial charge in [-0.05, 0) is 19.6 Å². The Balaban J connectivity index is 2.97. The molecule has 7 heavy (non-hydrogen) atoms. The molecule has 0 amide bonds. The fourth-order valence-corrected chi connectivity index (χ4v) is 0.275. The minimum Gasteiger partial charge on any atom is -0.313 e. The maximum absolute atomic E-state index is 10.1. The summed E-state index contributed by atoms with van der Waals surface area (Å²) in [6, 6.07) is 0. The highest BCUT2D eigenvalue weighted by molar-refractivity contribution is 5.77. The predicted molar refractivity (Wildman–Crippen MR) is 28.7 cm³/mol. The van der Waals surface area contributed by atoms with E-state index in [1.807, 2.05) is 0 Å². The van der Waals surface area contributed by atoms with E-state index in [9.17, 15) is 4.79 Å². The molecule has 0 saturated carbocycles. The highest BCUT2D eigenvalue weighted by atomic mass is 16.1. The third-order valence-corrected chi connectivity index (χ3v) is 0.641. The molecule has 0 bridgehead atoms. The van der Waals surface area contributed by atoms with Crippen molar-refractivity contribution < 1.29 is 4.79 Å². The largest absolute Gasteiger partial charge is 0.313 e. The summed E-state index contributed by atoms with van der Waals surface area (Å²) < 4.78 is 0. The predicted octanol–water partition coefficient (Wildman–Crippen LogP) is 1.01. The molecule has 0 fully saturated rings. The molecule has 0 heterocycles. The number of hydrogen-bond acceptors (Lipinski definition) is 2. The van der Waals surface area contributed by atoms with Crippen LogP contribution in [0.3, 0.4) is 0 Å². The molecular weight excluding hydrogens is 90.1 g/mol. The van der Waals surface area contributed by atoms with Crippen LogP contribution in [0.5, 0.6) is 0 Å². The van der Waals surface area contributed by atoms with Crippen molar-refractivity contribution in [3.05, 3.63) is 0 Å². The Bertz CT molecular complexity index is 78.1. The molecule has 2 nitrogen and oxygen atoms in total.